The van der Waals surface area contributed by atoms with Crippen molar-refractivity contribution in [3.05, 3.63) is 35.6 Å². The Labute approximate surface area is 126 Å². The highest BCUT2D eigenvalue weighted by Crippen LogP contribution is 2.36. The quantitative estimate of drug-likeness (QED) is 0.762. The van der Waals surface area contributed by atoms with Crippen LogP contribution in [0.2, 0.25) is 0 Å². The van der Waals surface area contributed by atoms with E-state index in [0.717, 1.165) is 24.9 Å². The molecule has 1 aromatic rings. The summed E-state index contributed by atoms with van der Waals surface area (Å²) in [7, 11) is 0. The topological polar surface area (TPSA) is 20.3 Å². The van der Waals surface area contributed by atoms with Gasteiger partial charge < -0.3 is 4.90 Å². The molecule has 2 atom stereocenters. The zero-order valence-corrected chi connectivity index (χ0v) is 12.6. The maximum absolute atomic E-state index is 12.9. The van der Waals surface area contributed by atoms with E-state index in [1.807, 2.05) is 0 Å². The van der Waals surface area contributed by atoms with Gasteiger partial charge in [0.15, 0.2) is 5.78 Å². The van der Waals surface area contributed by atoms with E-state index in [1.165, 1.54) is 50.8 Å². The Balaban J connectivity index is 1.47. The van der Waals surface area contributed by atoms with E-state index in [9.17, 15) is 9.18 Å². The summed E-state index contributed by atoms with van der Waals surface area (Å²) in [6.07, 6.45) is 8.31. The Morgan fingerprint density at radius 2 is 1.90 bits per heavy atom. The highest BCUT2D eigenvalue weighted by molar-refractivity contribution is 5.95. The number of carbonyl (C=O) groups excluding carboxylic acids is 1. The molecule has 0 spiro atoms. The highest BCUT2D eigenvalue weighted by atomic mass is 19.1. The fourth-order valence-electron chi connectivity index (χ4n) is 4.06. The third-order valence-electron chi connectivity index (χ3n) is 5.12. The Hall–Kier alpha value is -1.22. The summed E-state index contributed by atoms with van der Waals surface area (Å²) in [6.45, 7) is 2.24. The van der Waals surface area contributed by atoms with Gasteiger partial charge in [-0.25, -0.2) is 4.39 Å². The highest BCUT2D eigenvalue weighted by Gasteiger charge is 2.34. The van der Waals surface area contributed by atoms with Gasteiger partial charge in [-0.2, -0.15) is 0 Å². The Bertz CT molecular complexity index is 484. The minimum absolute atomic E-state index is 0.134. The van der Waals surface area contributed by atoms with Gasteiger partial charge in [0.05, 0.1) is 0 Å². The summed E-state index contributed by atoms with van der Waals surface area (Å²) in [5.74, 6) is 0.758. The normalized spacial score (nSPS) is 25.8. The molecule has 2 unspecified atom stereocenters. The van der Waals surface area contributed by atoms with Crippen LogP contribution >= 0.6 is 0 Å². The van der Waals surface area contributed by atoms with E-state index < -0.39 is 0 Å². The molecule has 0 bridgehead atoms. The molecule has 3 rings (SSSR count). The lowest BCUT2D eigenvalue weighted by atomic mass is 9.91. The maximum atomic E-state index is 12.9. The molecule has 1 aliphatic carbocycles. The summed E-state index contributed by atoms with van der Waals surface area (Å²) in [5, 5.41) is 0. The average molecular weight is 289 g/mol. The molecule has 1 heterocycles. The van der Waals surface area contributed by atoms with Crippen LogP contribution in [0.5, 0.6) is 0 Å². The van der Waals surface area contributed by atoms with Crippen molar-refractivity contribution >= 4 is 5.78 Å². The lowest BCUT2D eigenvalue weighted by molar-refractivity contribution is 0.0933. The number of benzene rings is 1. The standard InChI is InChI=1S/C18H24FNO/c19-16-10-8-15(9-11-16)18(21)7-3-13-20-12-2-5-14-4-1-6-17(14)20/h8-11,14,17H,1-7,12-13H2. The molecule has 1 aliphatic heterocycles. The van der Waals surface area contributed by atoms with Gasteiger partial charge in [0.25, 0.3) is 0 Å². The number of fused-ring (bicyclic) bond motifs is 1. The van der Waals surface area contributed by atoms with Gasteiger partial charge in [0, 0.05) is 18.0 Å². The largest absolute Gasteiger partial charge is 0.300 e. The lowest BCUT2D eigenvalue weighted by Crippen LogP contribution is -2.43. The van der Waals surface area contributed by atoms with Crippen LogP contribution in [0.25, 0.3) is 0 Å². The first-order valence-electron chi connectivity index (χ1n) is 8.27. The maximum Gasteiger partial charge on any atom is 0.162 e. The van der Waals surface area contributed by atoms with Crippen LogP contribution in [-0.2, 0) is 0 Å². The molecule has 0 amide bonds. The predicted octanol–water partition coefficient (Wildman–Crippen LogP) is 4.05. The monoisotopic (exact) mass is 289 g/mol. The van der Waals surface area contributed by atoms with Gasteiger partial charge in [-0.3, -0.25) is 4.79 Å². The van der Waals surface area contributed by atoms with Crippen LogP contribution in [0.1, 0.15) is 55.3 Å². The first-order chi connectivity index (χ1) is 10.2. The summed E-state index contributed by atoms with van der Waals surface area (Å²) in [6, 6.07) is 6.68. The molecule has 0 radical (unpaired) electrons. The van der Waals surface area contributed by atoms with E-state index in [2.05, 4.69) is 4.90 Å². The van der Waals surface area contributed by atoms with Gasteiger partial charge in [-0.1, -0.05) is 6.42 Å². The van der Waals surface area contributed by atoms with Gasteiger partial charge in [-0.15, -0.1) is 0 Å². The number of halogens is 1. The van der Waals surface area contributed by atoms with Crippen molar-refractivity contribution in [1.82, 2.24) is 4.90 Å². The zero-order chi connectivity index (χ0) is 14.7. The second-order valence-electron chi connectivity index (χ2n) is 6.47. The number of rotatable bonds is 5. The van der Waals surface area contributed by atoms with E-state index in [1.54, 1.807) is 12.1 Å². The van der Waals surface area contributed by atoms with E-state index >= 15 is 0 Å². The number of nitrogens with zero attached hydrogens (tertiary/aromatic N) is 1. The fraction of sp³-hybridized carbons (Fsp3) is 0.611. The lowest BCUT2D eigenvalue weighted by Gasteiger charge is -2.37. The summed E-state index contributed by atoms with van der Waals surface area (Å²) < 4.78 is 12.9. The third-order valence-corrected chi connectivity index (χ3v) is 5.12. The summed E-state index contributed by atoms with van der Waals surface area (Å²) in [4.78, 5) is 14.7. The molecule has 2 nitrogen and oxygen atoms in total. The molecule has 0 N–H and O–H groups in total. The van der Waals surface area contributed by atoms with Crippen LogP contribution in [0, 0.1) is 11.7 Å². The van der Waals surface area contributed by atoms with Crippen molar-refractivity contribution in [1.29, 1.82) is 0 Å². The van der Waals surface area contributed by atoms with Crippen molar-refractivity contribution in [2.75, 3.05) is 13.1 Å². The minimum atomic E-state index is -0.285. The molecule has 1 aromatic carbocycles. The van der Waals surface area contributed by atoms with Crippen LogP contribution in [-0.4, -0.2) is 29.8 Å². The molecule has 21 heavy (non-hydrogen) atoms. The summed E-state index contributed by atoms with van der Waals surface area (Å²) >= 11 is 0. The molecule has 1 saturated carbocycles. The Morgan fingerprint density at radius 1 is 1.14 bits per heavy atom. The smallest absolute Gasteiger partial charge is 0.162 e. The Kier molecular flexibility index (Phi) is 4.69. The number of hydrogen-bond donors (Lipinski definition) is 0. The zero-order valence-electron chi connectivity index (χ0n) is 12.6. The van der Waals surface area contributed by atoms with Crippen molar-refractivity contribution in [3.63, 3.8) is 0 Å². The third kappa shape index (κ3) is 3.52. The number of carbonyl (C=O) groups is 1. The molecule has 0 aromatic heterocycles. The first kappa shape index (κ1) is 14.7. The van der Waals surface area contributed by atoms with Crippen molar-refractivity contribution in [3.8, 4) is 0 Å². The van der Waals surface area contributed by atoms with E-state index in [-0.39, 0.29) is 11.6 Å². The van der Waals surface area contributed by atoms with Gasteiger partial charge in [0.1, 0.15) is 5.82 Å². The fourth-order valence-corrected chi connectivity index (χ4v) is 4.06. The van der Waals surface area contributed by atoms with E-state index in [0.29, 0.717) is 12.0 Å². The van der Waals surface area contributed by atoms with Gasteiger partial charge in [0.2, 0.25) is 0 Å². The second-order valence-corrected chi connectivity index (χ2v) is 6.47. The number of ketones is 1. The number of hydrogen-bond acceptors (Lipinski definition) is 2. The van der Waals surface area contributed by atoms with Crippen LogP contribution < -0.4 is 0 Å². The average Bonchev–Trinajstić information content (AvgIpc) is 2.97. The molecular weight excluding hydrogens is 265 g/mol. The molecule has 1 saturated heterocycles. The number of Topliss-reactive ketones (excluding diaryl/α,β-unsaturated/α-hetero) is 1. The molecule has 2 fully saturated rings. The Morgan fingerprint density at radius 3 is 2.71 bits per heavy atom. The second kappa shape index (κ2) is 6.69. The number of likely N-dealkylation sites (tertiary alicyclic amines) is 1. The van der Waals surface area contributed by atoms with Crippen LogP contribution in [0.15, 0.2) is 24.3 Å². The van der Waals surface area contributed by atoms with Crippen LogP contribution in [0.3, 0.4) is 0 Å². The van der Waals surface area contributed by atoms with Crippen molar-refractivity contribution in [2.45, 2.75) is 51.0 Å². The van der Waals surface area contributed by atoms with E-state index in [4.69, 9.17) is 0 Å². The molecular formula is C18H24FNO. The minimum Gasteiger partial charge on any atom is -0.300 e. The van der Waals surface area contributed by atoms with Crippen LogP contribution in [0.4, 0.5) is 4.39 Å². The first-order valence-corrected chi connectivity index (χ1v) is 8.27. The molecule has 114 valence electrons. The van der Waals surface area contributed by atoms with Crippen molar-refractivity contribution in [2.24, 2.45) is 5.92 Å². The van der Waals surface area contributed by atoms with Crippen molar-refractivity contribution < 1.29 is 9.18 Å². The molecule has 3 heteroatoms. The van der Waals surface area contributed by atoms with Gasteiger partial charge in [-0.05, 0) is 75.4 Å². The summed E-state index contributed by atoms with van der Waals surface area (Å²) in [5.41, 5.74) is 0.633. The SMILES string of the molecule is O=C(CCCN1CCCC2CCCC21)c1ccc(F)cc1. The van der Waals surface area contributed by atoms with Gasteiger partial charge >= 0.3 is 0 Å². The number of piperidine rings is 1. The predicted molar refractivity (Wildman–Crippen MR) is 81.9 cm³/mol. The molecule has 2 aliphatic rings.